The number of imidazole rings is 1. The molecule has 0 aliphatic heterocycles. The van der Waals surface area contributed by atoms with Crippen molar-refractivity contribution < 1.29 is 4.79 Å². The number of nitrogens with zero attached hydrogens (tertiary/aromatic N) is 2. The number of aromatic amines is 1. The summed E-state index contributed by atoms with van der Waals surface area (Å²) in [7, 11) is 3.25. The zero-order valence-corrected chi connectivity index (χ0v) is 8.61. The number of nitrogens with one attached hydrogen (secondary N) is 2. The third-order valence-corrected chi connectivity index (χ3v) is 2.21. The van der Waals surface area contributed by atoms with Crippen LogP contribution in [0.2, 0.25) is 0 Å². The molecule has 2 N–H and O–H groups in total. The minimum absolute atomic E-state index is 0.200. The van der Waals surface area contributed by atoms with E-state index in [0.29, 0.717) is 5.95 Å². The van der Waals surface area contributed by atoms with E-state index < -0.39 is 0 Å². The molecule has 15 heavy (non-hydrogen) atoms. The van der Waals surface area contributed by atoms with Crippen molar-refractivity contribution in [2.45, 2.75) is 0 Å². The summed E-state index contributed by atoms with van der Waals surface area (Å²) in [4.78, 5) is 20.1. The van der Waals surface area contributed by atoms with Crippen LogP contribution in [-0.2, 0) is 0 Å². The van der Waals surface area contributed by atoms with Gasteiger partial charge in [0.1, 0.15) is 0 Å². The van der Waals surface area contributed by atoms with E-state index in [4.69, 9.17) is 0 Å². The Bertz CT molecular complexity index is 458. The molecule has 1 heterocycles. The van der Waals surface area contributed by atoms with Crippen LogP contribution in [0.25, 0.3) is 11.0 Å². The maximum absolute atomic E-state index is 11.3. The van der Waals surface area contributed by atoms with E-state index in [9.17, 15) is 4.79 Å². The fraction of sp³-hybridized carbons (Fsp3) is 0.200. The van der Waals surface area contributed by atoms with Gasteiger partial charge < -0.3 is 10.3 Å². The van der Waals surface area contributed by atoms with Crippen molar-refractivity contribution in [3.8, 4) is 0 Å². The smallest absolute Gasteiger partial charge is 0.323 e. The fourth-order valence-electron chi connectivity index (χ4n) is 1.36. The topological polar surface area (TPSA) is 61.0 Å². The predicted molar refractivity (Wildman–Crippen MR) is 59.0 cm³/mol. The average molecular weight is 204 g/mol. The van der Waals surface area contributed by atoms with Crippen molar-refractivity contribution in [2.75, 3.05) is 19.0 Å². The molecule has 0 spiro atoms. The van der Waals surface area contributed by atoms with Crippen LogP contribution in [0.15, 0.2) is 24.3 Å². The summed E-state index contributed by atoms with van der Waals surface area (Å²) >= 11 is 0. The highest BCUT2D eigenvalue weighted by atomic mass is 16.2. The van der Waals surface area contributed by atoms with Gasteiger partial charge in [-0.15, -0.1) is 0 Å². The molecule has 5 heteroatoms. The molecule has 0 saturated carbocycles. The van der Waals surface area contributed by atoms with Gasteiger partial charge in [-0.1, -0.05) is 12.1 Å². The molecule has 0 bridgehead atoms. The number of amides is 2. The highest BCUT2D eigenvalue weighted by Crippen LogP contribution is 2.15. The van der Waals surface area contributed by atoms with Gasteiger partial charge in [-0.3, -0.25) is 4.90 Å². The van der Waals surface area contributed by atoms with Gasteiger partial charge in [0.2, 0.25) is 5.95 Å². The quantitative estimate of drug-likeness (QED) is 0.736. The summed E-state index contributed by atoms with van der Waals surface area (Å²) in [6.07, 6.45) is 0. The van der Waals surface area contributed by atoms with Crippen molar-refractivity contribution in [3.05, 3.63) is 24.3 Å². The molecule has 0 fully saturated rings. The molecular formula is C10H12N4O. The lowest BCUT2D eigenvalue weighted by molar-refractivity contribution is 0.249. The number of carbonyl (C=O) groups excluding carboxylic acids is 1. The molecule has 1 aromatic heterocycles. The van der Waals surface area contributed by atoms with Gasteiger partial charge in [-0.05, 0) is 12.1 Å². The Morgan fingerprint density at radius 2 is 2.20 bits per heavy atom. The molecule has 0 radical (unpaired) electrons. The minimum Gasteiger partial charge on any atom is -0.341 e. The van der Waals surface area contributed by atoms with Gasteiger partial charge in [0.25, 0.3) is 0 Å². The largest absolute Gasteiger partial charge is 0.341 e. The Labute approximate surface area is 87.1 Å². The highest BCUT2D eigenvalue weighted by Gasteiger charge is 2.12. The Morgan fingerprint density at radius 1 is 1.47 bits per heavy atom. The number of anilines is 1. The Morgan fingerprint density at radius 3 is 2.87 bits per heavy atom. The van der Waals surface area contributed by atoms with Crippen LogP contribution in [0.4, 0.5) is 10.7 Å². The highest BCUT2D eigenvalue weighted by molar-refractivity contribution is 5.91. The lowest BCUT2D eigenvalue weighted by Gasteiger charge is -2.12. The zero-order chi connectivity index (χ0) is 10.8. The lowest BCUT2D eigenvalue weighted by Crippen LogP contribution is -2.35. The summed E-state index contributed by atoms with van der Waals surface area (Å²) in [5, 5.41) is 2.53. The first kappa shape index (κ1) is 9.51. The first-order chi connectivity index (χ1) is 7.22. The molecule has 0 atom stereocenters. The molecule has 0 aliphatic carbocycles. The summed E-state index contributed by atoms with van der Waals surface area (Å²) in [5.74, 6) is 0.538. The van der Waals surface area contributed by atoms with Gasteiger partial charge in [0, 0.05) is 14.1 Å². The molecule has 2 amide bonds. The number of H-pyrrole nitrogens is 1. The number of benzene rings is 1. The Balaban J connectivity index is 2.40. The number of para-hydroxylation sites is 2. The molecule has 0 unspecified atom stereocenters. The molecule has 0 aliphatic rings. The normalized spacial score (nSPS) is 10.3. The second kappa shape index (κ2) is 3.61. The maximum Gasteiger partial charge on any atom is 0.323 e. The summed E-state index contributed by atoms with van der Waals surface area (Å²) in [6.45, 7) is 0. The third-order valence-electron chi connectivity index (χ3n) is 2.21. The van der Waals surface area contributed by atoms with Gasteiger partial charge in [-0.25, -0.2) is 9.78 Å². The molecule has 2 rings (SSSR count). The van der Waals surface area contributed by atoms with Crippen molar-refractivity contribution in [2.24, 2.45) is 0 Å². The number of carbonyl (C=O) groups is 1. The van der Waals surface area contributed by atoms with E-state index in [1.807, 2.05) is 24.3 Å². The third kappa shape index (κ3) is 1.63. The van der Waals surface area contributed by atoms with Crippen molar-refractivity contribution in [3.63, 3.8) is 0 Å². The Hall–Kier alpha value is -2.04. The van der Waals surface area contributed by atoms with Crippen LogP contribution in [0, 0.1) is 0 Å². The molecular weight excluding hydrogens is 192 g/mol. The molecule has 0 saturated heterocycles. The van der Waals surface area contributed by atoms with E-state index >= 15 is 0 Å². The number of hydrogen-bond acceptors (Lipinski definition) is 2. The standard InChI is InChI=1S/C10H12N4O/c1-11-10(15)14(2)9-12-7-5-3-4-6-8(7)13-9/h3-6H,1-2H3,(H,11,15)(H,12,13). The number of rotatable bonds is 1. The molecule has 1 aromatic carbocycles. The van der Waals surface area contributed by atoms with Crippen LogP contribution in [-0.4, -0.2) is 30.1 Å². The predicted octanol–water partition coefficient (Wildman–Crippen LogP) is 1.34. The van der Waals surface area contributed by atoms with Gasteiger partial charge in [0.15, 0.2) is 0 Å². The lowest BCUT2D eigenvalue weighted by atomic mass is 10.3. The van der Waals surface area contributed by atoms with E-state index in [2.05, 4.69) is 15.3 Å². The molecule has 2 aromatic rings. The number of aromatic nitrogens is 2. The van der Waals surface area contributed by atoms with Crippen molar-refractivity contribution in [1.82, 2.24) is 15.3 Å². The fourth-order valence-corrected chi connectivity index (χ4v) is 1.36. The number of hydrogen-bond donors (Lipinski definition) is 2. The van der Waals surface area contributed by atoms with Crippen molar-refractivity contribution >= 4 is 23.0 Å². The monoisotopic (exact) mass is 204 g/mol. The van der Waals surface area contributed by atoms with E-state index in [0.717, 1.165) is 11.0 Å². The van der Waals surface area contributed by atoms with Crippen molar-refractivity contribution in [1.29, 1.82) is 0 Å². The summed E-state index contributed by atoms with van der Waals surface area (Å²) < 4.78 is 0. The van der Waals surface area contributed by atoms with Crippen LogP contribution < -0.4 is 10.2 Å². The first-order valence-electron chi connectivity index (χ1n) is 4.62. The van der Waals surface area contributed by atoms with Crippen LogP contribution in [0.3, 0.4) is 0 Å². The van der Waals surface area contributed by atoms with E-state index in [-0.39, 0.29) is 6.03 Å². The van der Waals surface area contributed by atoms with E-state index in [1.165, 1.54) is 4.90 Å². The van der Waals surface area contributed by atoms with E-state index in [1.54, 1.807) is 14.1 Å². The number of urea groups is 1. The van der Waals surface area contributed by atoms with Gasteiger partial charge in [-0.2, -0.15) is 0 Å². The summed E-state index contributed by atoms with van der Waals surface area (Å²) in [5.41, 5.74) is 1.77. The maximum atomic E-state index is 11.3. The van der Waals surface area contributed by atoms with Crippen LogP contribution >= 0.6 is 0 Å². The summed E-state index contributed by atoms with van der Waals surface area (Å²) in [6, 6.07) is 7.45. The SMILES string of the molecule is CNC(=O)N(C)c1nc2ccccc2[nH]1. The first-order valence-corrected chi connectivity index (χ1v) is 4.62. The second-order valence-corrected chi connectivity index (χ2v) is 3.19. The van der Waals surface area contributed by atoms with Gasteiger partial charge >= 0.3 is 6.03 Å². The van der Waals surface area contributed by atoms with Gasteiger partial charge in [0.05, 0.1) is 11.0 Å². The second-order valence-electron chi connectivity index (χ2n) is 3.19. The van der Waals surface area contributed by atoms with Crippen LogP contribution in [0.5, 0.6) is 0 Å². The molecule has 78 valence electrons. The number of fused-ring (bicyclic) bond motifs is 1. The molecule has 5 nitrogen and oxygen atoms in total. The average Bonchev–Trinajstić information content (AvgIpc) is 2.70. The zero-order valence-electron chi connectivity index (χ0n) is 8.61. The van der Waals surface area contributed by atoms with Crippen LogP contribution in [0.1, 0.15) is 0 Å². The minimum atomic E-state index is -0.200. The Kier molecular flexibility index (Phi) is 2.29.